The Labute approximate surface area is 120 Å². The van der Waals surface area contributed by atoms with Crippen LogP contribution in [0.2, 0.25) is 5.02 Å². The van der Waals surface area contributed by atoms with Gasteiger partial charge in [-0.25, -0.2) is 5.06 Å². The van der Waals surface area contributed by atoms with Crippen LogP contribution in [0.3, 0.4) is 0 Å². The van der Waals surface area contributed by atoms with Gasteiger partial charge in [-0.1, -0.05) is 11.6 Å². The van der Waals surface area contributed by atoms with Crippen molar-refractivity contribution in [2.24, 2.45) is 0 Å². The largest absolute Gasteiger partial charge is 0.324 e. The highest BCUT2D eigenvalue weighted by Gasteiger charge is 2.30. The molecule has 102 valence electrons. The number of rotatable bonds is 3. The molecule has 5 nitrogen and oxygen atoms in total. The van der Waals surface area contributed by atoms with Crippen molar-refractivity contribution < 1.29 is 14.4 Å². The summed E-state index contributed by atoms with van der Waals surface area (Å²) in [5, 5.41) is 3.98. The molecule has 0 bridgehead atoms. The zero-order valence-corrected chi connectivity index (χ0v) is 12.0. The van der Waals surface area contributed by atoms with Gasteiger partial charge in [-0.15, -0.1) is 11.8 Å². The Morgan fingerprint density at radius 1 is 1.58 bits per heavy atom. The van der Waals surface area contributed by atoms with Gasteiger partial charge in [0.05, 0.1) is 24.5 Å². The Balaban J connectivity index is 2.11. The summed E-state index contributed by atoms with van der Waals surface area (Å²) >= 11 is 7.22. The Kier molecular flexibility index (Phi) is 4.34. The monoisotopic (exact) mass is 300 g/mol. The molecule has 0 fully saturated rings. The number of hydrogen-bond donors (Lipinski definition) is 1. The normalized spacial score (nSPS) is 17.6. The van der Waals surface area contributed by atoms with E-state index in [9.17, 15) is 9.59 Å². The number of hydrogen-bond acceptors (Lipinski definition) is 4. The summed E-state index contributed by atoms with van der Waals surface area (Å²) in [6, 6.07) is 5.28. The maximum atomic E-state index is 11.9. The second-order valence-electron chi connectivity index (χ2n) is 4.01. The fourth-order valence-corrected chi connectivity index (χ4v) is 2.90. The van der Waals surface area contributed by atoms with Crippen molar-refractivity contribution in [3.63, 3.8) is 0 Å². The molecule has 2 rings (SSSR count). The van der Waals surface area contributed by atoms with E-state index in [1.54, 1.807) is 12.1 Å². The van der Waals surface area contributed by atoms with Gasteiger partial charge in [0.15, 0.2) is 0 Å². The first kappa shape index (κ1) is 14.2. The number of anilines is 1. The summed E-state index contributed by atoms with van der Waals surface area (Å²) in [6.07, 6.45) is 0.0862. The van der Waals surface area contributed by atoms with Crippen molar-refractivity contribution in [1.29, 1.82) is 0 Å². The molecule has 1 heterocycles. The van der Waals surface area contributed by atoms with Crippen LogP contribution in [-0.4, -0.2) is 36.3 Å². The predicted octanol–water partition coefficient (Wildman–Crippen LogP) is 2.16. The molecule has 1 aromatic carbocycles. The molecule has 1 N–H and O–H groups in total. The number of thioether (sulfide) groups is 1. The first-order valence-corrected chi connectivity index (χ1v) is 6.84. The number of hydroxylamine groups is 2. The fraction of sp³-hybridized carbons (Fsp3) is 0.333. The molecule has 19 heavy (non-hydrogen) atoms. The summed E-state index contributed by atoms with van der Waals surface area (Å²) in [7, 11) is 2.92. The lowest BCUT2D eigenvalue weighted by Crippen LogP contribution is -2.35. The molecule has 0 radical (unpaired) electrons. The lowest BCUT2D eigenvalue weighted by atomic mass is 10.2. The standard InChI is InChI=1S/C12H13ClN2O3S/c1-15(18-2)11(16)6-10-12(17)14-8-5-7(13)3-4-9(8)19-10/h3-5,10H,6H2,1-2H3,(H,14,17)/t10-/m1/s1. The fourth-order valence-electron chi connectivity index (χ4n) is 1.65. The Morgan fingerprint density at radius 2 is 2.32 bits per heavy atom. The number of benzene rings is 1. The first-order chi connectivity index (χ1) is 9.01. The van der Waals surface area contributed by atoms with E-state index in [0.717, 1.165) is 9.96 Å². The van der Waals surface area contributed by atoms with Crippen molar-refractivity contribution in [1.82, 2.24) is 5.06 Å². The van der Waals surface area contributed by atoms with Crippen molar-refractivity contribution >= 4 is 40.9 Å². The van der Waals surface area contributed by atoms with Gasteiger partial charge in [-0.05, 0) is 18.2 Å². The molecular weight excluding hydrogens is 288 g/mol. The molecule has 0 saturated heterocycles. The summed E-state index contributed by atoms with van der Waals surface area (Å²) in [5.74, 6) is -0.440. The van der Waals surface area contributed by atoms with Crippen LogP contribution in [0.15, 0.2) is 23.1 Å². The van der Waals surface area contributed by atoms with E-state index in [-0.39, 0.29) is 18.2 Å². The number of amides is 2. The molecule has 0 unspecified atom stereocenters. The molecule has 0 saturated carbocycles. The molecule has 7 heteroatoms. The molecular formula is C12H13ClN2O3S. The van der Waals surface area contributed by atoms with Crippen LogP contribution in [0.1, 0.15) is 6.42 Å². The second kappa shape index (κ2) is 5.81. The Hall–Kier alpha value is -1.24. The SMILES string of the molecule is CON(C)C(=O)C[C@H]1Sc2ccc(Cl)cc2NC1=O. The number of halogens is 1. The average Bonchev–Trinajstić information content (AvgIpc) is 2.38. The molecule has 1 aromatic rings. The first-order valence-electron chi connectivity index (χ1n) is 5.59. The van der Waals surface area contributed by atoms with Crippen LogP contribution in [0, 0.1) is 0 Å². The maximum absolute atomic E-state index is 11.9. The average molecular weight is 301 g/mol. The number of carbonyl (C=O) groups is 2. The topological polar surface area (TPSA) is 58.6 Å². The minimum absolute atomic E-state index is 0.0862. The molecule has 0 spiro atoms. The quantitative estimate of drug-likeness (QED) is 0.869. The highest BCUT2D eigenvalue weighted by Crippen LogP contribution is 2.38. The third kappa shape index (κ3) is 3.20. The minimum Gasteiger partial charge on any atom is -0.324 e. The second-order valence-corrected chi connectivity index (χ2v) is 5.70. The highest BCUT2D eigenvalue weighted by atomic mass is 35.5. The van der Waals surface area contributed by atoms with E-state index < -0.39 is 5.25 Å². The van der Waals surface area contributed by atoms with Gasteiger partial charge in [0, 0.05) is 17.0 Å². The minimum atomic E-state index is -0.459. The van der Waals surface area contributed by atoms with Crippen LogP contribution >= 0.6 is 23.4 Å². The van der Waals surface area contributed by atoms with Gasteiger partial charge in [0.2, 0.25) is 11.8 Å². The van der Waals surface area contributed by atoms with Gasteiger partial charge in [-0.3, -0.25) is 14.4 Å². The molecule has 0 aromatic heterocycles. The van der Waals surface area contributed by atoms with Crippen molar-refractivity contribution in [2.75, 3.05) is 19.5 Å². The van der Waals surface area contributed by atoms with E-state index in [4.69, 9.17) is 16.4 Å². The number of nitrogens with one attached hydrogen (secondary N) is 1. The van der Waals surface area contributed by atoms with E-state index in [2.05, 4.69) is 5.32 Å². The van der Waals surface area contributed by atoms with Crippen molar-refractivity contribution in [2.45, 2.75) is 16.6 Å². The third-order valence-electron chi connectivity index (χ3n) is 2.75. The Morgan fingerprint density at radius 3 is 3.00 bits per heavy atom. The van der Waals surface area contributed by atoms with Crippen LogP contribution in [0.4, 0.5) is 5.69 Å². The Bertz CT molecular complexity index is 524. The number of carbonyl (C=O) groups excluding carboxylic acids is 2. The van der Waals surface area contributed by atoms with Gasteiger partial charge in [0.1, 0.15) is 0 Å². The molecule has 2 amide bonds. The lowest BCUT2D eigenvalue weighted by molar-refractivity contribution is -0.168. The number of nitrogens with zero attached hydrogens (tertiary/aromatic N) is 1. The maximum Gasteiger partial charge on any atom is 0.247 e. The zero-order valence-electron chi connectivity index (χ0n) is 10.5. The number of fused-ring (bicyclic) bond motifs is 1. The predicted molar refractivity (Wildman–Crippen MR) is 74.1 cm³/mol. The molecule has 0 aliphatic carbocycles. The smallest absolute Gasteiger partial charge is 0.247 e. The summed E-state index contributed by atoms with van der Waals surface area (Å²) in [4.78, 5) is 29.4. The van der Waals surface area contributed by atoms with Crippen LogP contribution in [0.25, 0.3) is 0 Å². The molecule has 1 atom stereocenters. The van der Waals surface area contributed by atoms with Crippen LogP contribution in [-0.2, 0) is 14.4 Å². The lowest BCUT2D eigenvalue weighted by Gasteiger charge is -2.25. The molecule has 1 aliphatic heterocycles. The summed E-state index contributed by atoms with van der Waals surface area (Å²) in [5.41, 5.74) is 0.686. The van der Waals surface area contributed by atoms with Gasteiger partial charge < -0.3 is 5.32 Å². The van der Waals surface area contributed by atoms with Gasteiger partial charge in [0.25, 0.3) is 0 Å². The van der Waals surface area contributed by atoms with E-state index in [1.807, 2.05) is 6.07 Å². The van der Waals surface area contributed by atoms with Crippen LogP contribution < -0.4 is 5.32 Å². The van der Waals surface area contributed by atoms with E-state index >= 15 is 0 Å². The highest BCUT2D eigenvalue weighted by molar-refractivity contribution is 8.01. The summed E-state index contributed by atoms with van der Waals surface area (Å²) < 4.78 is 0. The van der Waals surface area contributed by atoms with E-state index in [1.165, 1.54) is 25.9 Å². The zero-order chi connectivity index (χ0) is 14.0. The third-order valence-corrected chi connectivity index (χ3v) is 4.26. The van der Waals surface area contributed by atoms with E-state index in [0.29, 0.717) is 10.7 Å². The van der Waals surface area contributed by atoms with Crippen molar-refractivity contribution in [3.8, 4) is 0 Å². The summed E-state index contributed by atoms with van der Waals surface area (Å²) in [6.45, 7) is 0. The van der Waals surface area contributed by atoms with Gasteiger partial charge in [-0.2, -0.15) is 0 Å². The van der Waals surface area contributed by atoms with Crippen LogP contribution in [0.5, 0.6) is 0 Å². The van der Waals surface area contributed by atoms with Gasteiger partial charge >= 0.3 is 0 Å². The molecule has 1 aliphatic rings. The van der Waals surface area contributed by atoms with Crippen molar-refractivity contribution in [3.05, 3.63) is 23.2 Å².